The molecule has 15 rings (SSSR count). The fourth-order valence-electron chi connectivity index (χ4n) is 11.2. The highest BCUT2D eigenvalue weighted by molar-refractivity contribution is 7.26. The van der Waals surface area contributed by atoms with Gasteiger partial charge in [-0.1, -0.05) is 218 Å². The number of aromatic nitrogens is 3. The zero-order chi connectivity index (χ0) is 50.1. The quantitative estimate of drug-likeness (QED) is 0.152. The minimum atomic E-state index is 0.615. The van der Waals surface area contributed by atoms with Crippen LogP contribution in [-0.2, 0) is 0 Å². The summed E-state index contributed by atoms with van der Waals surface area (Å²) in [7, 11) is 0. The molecule has 3 heterocycles. The first-order valence-corrected chi connectivity index (χ1v) is 26.5. The predicted octanol–water partition coefficient (Wildman–Crippen LogP) is 19.8. The summed E-state index contributed by atoms with van der Waals surface area (Å²) in [6.07, 6.45) is 0. The summed E-state index contributed by atoms with van der Waals surface area (Å²) in [4.78, 5) is 16.0. The highest BCUT2D eigenvalue weighted by Crippen LogP contribution is 2.46. The van der Waals surface area contributed by atoms with Crippen molar-refractivity contribution in [1.82, 2.24) is 15.0 Å². The van der Waals surface area contributed by atoms with Gasteiger partial charge in [0.15, 0.2) is 17.5 Å². The summed E-state index contributed by atoms with van der Waals surface area (Å²) in [5.74, 6) is 1.87. The molecule has 76 heavy (non-hydrogen) atoms. The first kappa shape index (κ1) is 43.7. The van der Waals surface area contributed by atoms with E-state index in [4.69, 9.17) is 19.4 Å². The molecule has 5 heteroatoms. The minimum absolute atomic E-state index is 0.615. The number of furan rings is 1. The third kappa shape index (κ3) is 7.47. The Morgan fingerprint density at radius 1 is 0.276 bits per heavy atom. The van der Waals surface area contributed by atoms with Crippen molar-refractivity contribution in [2.75, 3.05) is 0 Å². The Balaban J connectivity index is 0.893. The first-order chi connectivity index (χ1) is 37.6. The van der Waals surface area contributed by atoms with Crippen molar-refractivity contribution in [1.29, 1.82) is 0 Å². The van der Waals surface area contributed by atoms with Gasteiger partial charge in [0.05, 0.1) is 0 Å². The summed E-state index contributed by atoms with van der Waals surface area (Å²) in [5.41, 5.74) is 15.9. The van der Waals surface area contributed by atoms with Crippen molar-refractivity contribution in [3.63, 3.8) is 0 Å². The predicted molar refractivity (Wildman–Crippen MR) is 318 cm³/mol. The topological polar surface area (TPSA) is 51.8 Å². The summed E-state index contributed by atoms with van der Waals surface area (Å²) >= 11 is 1.78. The smallest absolute Gasteiger partial charge is 0.165 e. The maximum absolute atomic E-state index is 7.06. The molecule has 0 radical (unpaired) electrons. The van der Waals surface area contributed by atoms with Gasteiger partial charge in [0.1, 0.15) is 11.2 Å². The molecule has 354 valence electrons. The lowest BCUT2D eigenvalue weighted by Gasteiger charge is -2.15. The number of rotatable bonds is 8. The van der Waals surface area contributed by atoms with Gasteiger partial charge in [0.25, 0.3) is 0 Å². The van der Waals surface area contributed by atoms with Gasteiger partial charge in [-0.25, -0.2) is 15.0 Å². The fourth-order valence-corrected chi connectivity index (χ4v) is 12.4. The first-order valence-electron chi connectivity index (χ1n) is 25.6. The summed E-state index contributed by atoms with van der Waals surface area (Å²) in [6, 6.07) is 92.9. The molecule has 0 fully saturated rings. The van der Waals surface area contributed by atoms with Crippen LogP contribution in [0.5, 0.6) is 0 Å². The maximum atomic E-state index is 7.06. The molecule has 0 aliphatic carbocycles. The third-order valence-electron chi connectivity index (χ3n) is 15.0. The molecule has 4 nitrogen and oxygen atoms in total. The summed E-state index contributed by atoms with van der Waals surface area (Å²) in [6.45, 7) is 0. The zero-order valence-electron chi connectivity index (χ0n) is 41.0. The van der Waals surface area contributed by atoms with Crippen molar-refractivity contribution < 1.29 is 4.42 Å². The molecule has 0 spiro atoms. The van der Waals surface area contributed by atoms with Gasteiger partial charge in [-0.3, -0.25) is 0 Å². The molecular weight excluding hydrogens is 943 g/mol. The molecule has 0 bridgehead atoms. The number of nitrogens with zero attached hydrogens (tertiary/aromatic N) is 3. The molecular formula is C71H43N3OS. The van der Waals surface area contributed by atoms with Crippen LogP contribution >= 0.6 is 11.3 Å². The van der Waals surface area contributed by atoms with E-state index in [1.54, 1.807) is 11.3 Å². The molecule has 0 atom stereocenters. The van der Waals surface area contributed by atoms with E-state index in [2.05, 4.69) is 255 Å². The van der Waals surface area contributed by atoms with E-state index < -0.39 is 0 Å². The molecule has 0 saturated heterocycles. The van der Waals surface area contributed by atoms with Gasteiger partial charge in [-0.05, 0) is 114 Å². The third-order valence-corrected chi connectivity index (χ3v) is 16.2. The molecule has 15 aromatic rings. The van der Waals surface area contributed by atoms with Crippen LogP contribution in [0.25, 0.3) is 153 Å². The van der Waals surface area contributed by atoms with E-state index in [-0.39, 0.29) is 0 Å². The average molecular weight is 986 g/mol. The number of hydrogen-bond acceptors (Lipinski definition) is 5. The van der Waals surface area contributed by atoms with Crippen molar-refractivity contribution in [3.8, 4) is 89.8 Å². The van der Waals surface area contributed by atoms with Gasteiger partial charge in [-0.15, -0.1) is 11.3 Å². The molecule has 0 unspecified atom stereocenters. The SMILES string of the molecule is c1ccc(-c2ccc(-c3nc(-c4ccc(-c5ccc(-c6ccc(-c7cccc(-c8ccccc8)c7)cc6)c6oc7cc8ccccc8cc7c56)c5ccccc45)nc(-c4cccc5c4sc4ccccc45)n3)cc2)cc1. The molecule has 3 aromatic heterocycles. The van der Waals surface area contributed by atoms with Crippen LogP contribution in [-0.4, -0.2) is 15.0 Å². The van der Waals surface area contributed by atoms with Gasteiger partial charge in [0, 0.05) is 53.2 Å². The molecule has 0 saturated carbocycles. The second kappa shape index (κ2) is 18.0. The largest absolute Gasteiger partial charge is 0.455 e. The van der Waals surface area contributed by atoms with Crippen LogP contribution in [0, 0.1) is 0 Å². The van der Waals surface area contributed by atoms with E-state index in [9.17, 15) is 0 Å². The molecule has 12 aromatic carbocycles. The van der Waals surface area contributed by atoms with Crippen molar-refractivity contribution in [3.05, 3.63) is 261 Å². The fraction of sp³-hybridized carbons (Fsp3) is 0. The lowest BCUT2D eigenvalue weighted by atomic mass is 9.90. The van der Waals surface area contributed by atoms with Crippen molar-refractivity contribution >= 4 is 75.0 Å². The van der Waals surface area contributed by atoms with Gasteiger partial charge >= 0.3 is 0 Å². The lowest BCUT2D eigenvalue weighted by Crippen LogP contribution is -2.01. The van der Waals surface area contributed by atoms with Crippen LogP contribution < -0.4 is 0 Å². The minimum Gasteiger partial charge on any atom is -0.455 e. The number of hydrogen-bond donors (Lipinski definition) is 0. The zero-order valence-corrected chi connectivity index (χ0v) is 41.8. The van der Waals surface area contributed by atoms with Crippen LogP contribution in [0.1, 0.15) is 0 Å². The van der Waals surface area contributed by atoms with Gasteiger partial charge in [0.2, 0.25) is 0 Å². The normalized spacial score (nSPS) is 11.7. The highest BCUT2D eigenvalue weighted by atomic mass is 32.1. The van der Waals surface area contributed by atoms with E-state index in [0.29, 0.717) is 17.5 Å². The molecule has 0 N–H and O–H groups in total. The molecule has 0 aliphatic heterocycles. The van der Waals surface area contributed by atoms with E-state index in [1.165, 1.54) is 37.5 Å². The second-order valence-electron chi connectivity index (χ2n) is 19.4. The van der Waals surface area contributed by atoms with Crippen LogP contribution in [0.3, 0.4) is 0 Å². The van der Waals surface area contributed by atoms with E-state index in [0.717, 1.165) is 98.4 Å². The van der Waals surface area contributed by atoms with Crippen molar-refractivity contribution in [2.24, 2.45) is 0 Å². The second-order valence-corrected chi connectivity index (χ2v) is 20.5. The van der Waals surface area contributed by atoms with Crippen LogP contribution in [0.4, 0.5) is 0 Å². The molecule has 0 amide bonds. The van der Waals surface area contributed by atoms with E-state index in [1.807, 2.05) is 6.07 Å². The Bertz CT molecular complexity index is 4730. The van der Waals surface area contributed by atoms with Crippen LogP contribution in [0.15, 0.2) is 265 Å². The number of fused-ring (bicyclic) bond motifs is 8. The summed E-state index contributed by atoms with van der Waals surface area (Å²) < 4.78 is 9.45. The Labute approximate surface area is 442 Å². The Kier molecular flexibility index (Phi) is 10.4. The average Bonchev–Trinajstić information content (AvgIpc) is 4.14. The van der Waals surface area contributed by atoms with Crippen molar-refractivity contribution in [2.45, 2.75) is 0 Å². The molecule has 0 aliphatic rings. The Morgan fingerprint density at radius 2 is 0.763 bits per heavy atom. The Morgan fingerprint density at radius 3 is 1.50 bits per heavy atom. The monoisotopic (exact) mass is 985 g/mol. The maximum Gasteiger partial charge on any atom is 0.165 e. The standard InChI is InChI=1S/C71H43N3OS/c1-3-15-44(16-4-1)46-31-35-49(36-32-46)69-72-70(74-71(73-69)62-27-14-26-60-58-25-11-12-28-65(58)76-68(60)62)61-40-38-57(55-23-9-10-24-56(55)61)59-39-37-54(67-66(59)63-42-52-19-7-8-20-53(52)43-64(63)75-67)48-33-29-47(30-34-48)51-22-13-21-50(41-51)45-17-5-2-6-18-45/h1-43H. The summed E-state index contributed by atoms with van der Waals surface area (Å²) in [5, 5.41) is 9.03. The lowest BCUT2D eigenvalue weighted by molar-refractivity contribution is 0.670. The Hall–Kier alpha value is -9.81. The van der Waals surface area contributed by atoms with Gasteiger partial charge in [-0.2, -0.15) is 0 Å². The van der Waals surface area contributed by atoms with E-state index >= 15 is 0 Å². The van der Waals surface area contributed by atoms with Gasteiger partial charge < -0.3 is 4.42 Å². The highest BCUT2D eigenvalue weighted by Gasteiger charge is 2.23. The number of thiophene rings is 1. The van der Waals surface area contributed by atoms with Crippen LogP contribution in [0.2, 0.25) is 0 Å². The number of benzene rings is 12.